The zero-order valence-electron chi connectivity index (χ0n) is 7.75. The number of carbonyl (C=O) groups is 1. The van der Waals surface area contributed by atoms with Crippen molar-refractivity contribution in [3.8, 4) is 0 Å². The van der Waals surface area contributed by atoms with Crippen LogP contribution in [0.5, 0.6) is 0 Å². The molecule has 2 fully saturated rings. The van der Waals surface area contributed by atoms with Crippen molar-refractivity contribution >= 4 is 18.4 Å². The van der Waals surface area contributed by atoms with Crippen molar-refractivity contribution in [2.75, 3.05) is 7.05 Å². The summed E-state index contributed by atoms with van der Waals surface area (Å²) in [4.78, 5) is 15.2. The number of hydroxylamine groups is 2. The number of rotatable bonds is 1. The summed E-state index contributed by atoms with van der Waals surface area (Å²) < 4.78 is 13.7. The highest BCUT2D eigenvalue weighted by atomic mass is 32.2. The van der Waals surface area contributed by atoms with Crippen LogP contribution in [-0.4, -0.2) is 28.1 Å². The van der Waals surface area contributed by atoms with Crippen LogP contribution in [0.3, 0.4) is 0 Å². The van der Waals surface area contributed by atoms with Gasteiger partial charge in [-0.1, -0.05) is 4.05 Å². The minimum Gasteiger partial charge on any atom is -0.239 e. The lowest BCUT2D eigenvalue weighted by molar-refractivity contribution is -0.954. The maximum atomic E-state index is 13.9. The van der Waals surface area contributed by atoms with E-state index in [4.69, 9.17) is 4.84 Å². The first-order valence-electron chi connectivity index (χ1n) is 4.36. The average Bonchev–Trinajstić information content (AvgIpc) is 2.26. The molecule has 0 aromatic carbocycles. The smallest absolute Gasteiger partial charge is 0.239 e. The van der Waals surface area contributed by atoms with Crippen molar-refractivity contribution < 1.29 is 18.1 Å². The Labute approximate surface area is 80.9 Å². The zero-order valence-corrected chi connectivity index (χ0v) is 8.57. The van der Waals surface area contributed by atoms with Gasteiger partial charge in [0.2, 0.25) is 0 Å². The average molecular weight is 206 g/mol. The Balaban J connectivity index is 2.15. The maximum absolute atomic E-state index is 13.9. The third-order valence-corrected chi connectivity index (χ3v) is 4.32. The number of amides is 1. The molecular formula is C8H13FNO2S+. The van der Waals surface area contributed by atoms with Crippen LogP contribution in [-0.2, 0) is 9.63 Å². The molecule has 0 aromatic rings. The van der Waals surface area contributed by atoms with Gasteiger partial charge in [-0.2, -0.15) is 4.84 Å². The van der Waals surface area contributed by atoms with Gasteiger partial charge in [0.15, 0.2) is 17.6 Å². The van der Waals surface area contributed by atoms with Gasteiger partial charge in [-0.25, -0.2) is 9.18 Å². The Morgan fingerprint density at radius 2 is 2.23 bits per heavy atom. The van der Waals surface area contributed by atoms with E-state index in [-0.39, 0.29) is 4.05 Å². The van der Waals surface area contributed by atoms with Crippen LogP contribution in [0.1, 0.15) is 26.2 Å². The topological polar surface area (TPSA) is 26.3 Å². The molecule has 74 valence electrons. The summed E-state index contributed by atoms with van der Waals surface area (Å²) in [5.41, 5.74) is -1.29. The Morgan fingerprint density at radius 1 is 1.62 bits per heavy atom. The van der Waals surface area contributed by atoms with Gasteiger partial charge >= 0.3 is 6.41 Å². The number of hydrogen-bond acceptors (Lipinski definition) is 3. The molecule has 0 bridgehead atoms. The second kappa shape index (κ2) is 2.46. The summed E-state index contributed by atoms with van der Waals surface area (Å²) in [6, 6.07) is 0. The largest absolute Gasteiger partial charge is 0.345 e. The molecule has 1 aliphatic carbocycles. The molecule has 1 saturated heterocycles. The predicted molar refractivity (Wildman–Crippen MR) is 47.0 cm³/mol. The van der Waals surface area contributed by atoms with Gasteiger partial charge in [-0.15, -0.1) is 0 Å². The van der Waals surface area contributed by atoms with Crippen molar-refractivity contribution in [2.45, 2.75) is 36.8 Å². The van der Waals surface area contributed by atoms with Crippen LogP contribution in [0.4, 0.5) is 4.39 Å². The van der Waals surface area contributed by atoms with Crippen LogP contribution >= 0.6 is 11.9 Å². The van der Waals surface area contributed by atoms with Crippen molar-refractivity contribution in [2.24, 2.45) is 0 Å². The van der Waals surface area contributed by atoms with Crippen molar-refractivity contribution in [3.63, 3.8) is 0 Å². The summed E-state index contributed by atoms with van der Waals surface area (Å²) in [7, 11) is 1.62. The first kappa shape index (κ1) is 9.43. The van der Waals surface area contributed by atoms with E-state index in [1.165, 1.54) is 11.9 Å². The van der Waals surface area contributed by atoms with Gasteiger partial charge in [-0.3, -0.25) is 0 Å². The lowest BCUT2D eigenvalue weighted by atomic mass is 10.1. The number of hydrogen-bond donors (Lipinski definition) is 0. The third kappa shape index (κ3) is 1.14. The molecule has 1 aliphatic heterocycles. The Morgan fingerprint density at radius 3 is 2.62 bits per heavy atom. The monoisotopic (exact) mass is 206 g/mol. The number of alkyl halides is 1. The molecule has 3 nitrogen and oxygen atoms in total. The molecule has 0 N–H and O–H groups in total. The molecule has 2 rings (SSSR count). The molecule has 0 aromatic heterocycles. The summed E-state index contributed by atoms with van der Waals surface area (Å²) in [5, 5.41) is 0. The standard InChI is InChI=1S/C8H13FNO2S/c1-7(9)4-3-5-8(7)12-10(2,6-11)13-8/h6H,3-5H2,1-2H3/q+1. The van der Waals surface area contributed by atoms with Crippen LogP contribution < -0.4 is 0 Å². The molecule has 1 heterocycles. The molecule has 3 unspecified atom stereocenters. The first-order chi connectivity index (χ1) is 5.93. The van der Waals surface area contributed by atoms with Crippen molar-refractivity contribution in [1.82, 2.24) is 0 Å². The highest BCUT2D eigenvalue weighted by molar-refractivity contribution is 7.96. The van der Waals surface area contributed by atoms with E-state index in [0.717, 1.165) is 6.42 Å². The minimum absolute atomic E-state index is 0.181. The number of halogens is 1. The Hall–Kier alpha value is -0.130. The van der Waals surface area contributed by atoms with E-state index >= 15 is 0 Å². The van der Waals surface area contributed by atoms with Crippen LogP contribution in [0, 0.1) is 0 Å². The van der Waals surface area contributed by atoms with E-state index in [0.29, 0.717) is 19.3 Å². The van der Waals surface area contributed by atoms with Crippen LogP contribution in [0.25, 0.3) is 0 Å². The van der Waals surface area contributed by atoms with Crippen molar-refractivity contribution in [3.05, 3.63) is 0 Å². The summed E-state index contributed by atoms with van der Waals surface area (Å²) >= 11 is 1.27. The van der Waals surface area contributed by atoms with E-state index in [1.54, 1.807) is 14.0 Å². The number of carbonyl (C=O) groups excluding carboxylic acids is 1. The summed E-state index contributed by atoms with van der Waals surface area (Å²) in [6.07, 6.45) is 2.74. The molecule has 0 radical (unpaired) electrons. The highest BCUT2D eigenvalue weighted by Crippen LogP contribution is 2.61. The van der Waals surface area contributed by atoms with Gasteiger partial charge in [-0.05, 0) is 19.8 Å². The fraction of sp³-hybridized carbons (Fsp3) is 0.875. The molecule has 3 atom stereocenters. The molecule has 5 heteroatoms. The molecule has 13 heavy (non-hydrogen) atoms. The zero-order chi connectivity index (χ0) is 9.74. The number of quaternary nitrogens is 1. The Bertz CT molecular complexity index is 251. The highest BCUT2D eigenvalue weighted by Gasteiger charge is 2.72. The van der Waals surface area contributed by atoms with Gasteiger partial charge in [0.25, 0.3) is 4.93 Å². The lowest BCUT2D eigenvalue weighted by Crippen LogP contribution is -2.64. The molecule has 1 spiro atoms. The molecule has 1 saturated carbocycles. The van der Waals surface area contributed by atoms with Gasteiger partial charge in [0.05, 0.1) is 0 Å². The minimum atomic E-state index is -1.29. The van der Waals surface area contributed by atoms with Crippen LogP contribution in [0.15, 0.2) is 0 Å². The first-order valence-corrected chi connectivity index (χ1v) is 5.13. The van der Waals surface area contributed by atoms with Gasteiger partial charge in [0, 0.05) is 6.42 Å². The van der Waals surface area contributed by atoms with Gasteiger partial charge in [0.1, 0.15) is 7.05 Å². The molecule has 2 aliphatic rings. The fourth-order valence-electron chi connectivity index (χ4n) is 2.02. The Kier molecular flexibility index (Phi) is 1.78. The van der Waals surface area contributed by atoms with Crippen molar-refractivity contribution in [1.29, 1.82) is 0 Å². The van der Waals surface area contributed by atoms with E-state index in [1.807, 2.05) is 0 Å². The van der Waals surface area contributed by atoms with E-state index < -0.39 is 10.6 Å². The van der Waals surface area contributed by atoms with E-state index in [9.17, 15) is 9.18 Å². The molecular weight excluding hydrogens is 193 g/mol. The molecule has 1 amide bonds. The summed E-state index contributed by atoms with van der Waals surface area (Å²) in [5.74, 6) is 0. The SMILES string of the molecule is CC1(F)CCCC12O[N+](C)(C=O)S2. The van der Waals surface area contributed by atoms with Crippen LogP contribution in [0.2, 0.25) is 0 Å². The van der Waals surface area contributed by atoms with Gasteiger partial charge < -0.3 is 0 Å². The number of nitrogens with zero attached hydrogens (tertiary/aromatic N) is 1. The second-order valence-corrected chi connectivity index (χ2v) is 5.57. The summed E-state index contributed by atoms with van der Waals surface area (Å²) in [6.45, 7) is 1.56. The maximum Gasteiger partial charge on any atom is 0.345 e. The second-order valence-electron chi connectivity index (χ2n) is 4.00. The quantitative estimate of drug-likeness (QED) is 0.372. The third-order valence-electron chi connectivity index (χ3n) is 2.80. The van der Waals surface area contributed by atoms with E-state index in [2.05, 4.69) is 0 Å². The fourth-order valence-corrected chi connectivity index (χ4v) is 3.43. The normalized spacial score (nSPS) is 55.0. The lowest BCUT2D eigenvalue weighted by Gasteiger charge is -2.47. The predicted octanol–water partition coefficient (Wildman–Crippen LogP) is 1.79.